The third-order valence-corrected chi connectivity index (χ3v) is 14.3. The maximum Gasteiger partial charge on any atom is 0.315 e. The number of fused-ring (bicyclic) bond motifs is 10. The molecule has 2 saturated carbocycles. The van der Waals surface area contributed by atoms with Gasteiger partial charge in [-0.25, -0.2) is 9.59 Å². The number of nitrogens with zero attached hydrogens (tertiary/aromatic N) is 2. The van der Waals surface area contributed by atoms with Crippen LogP contribution in [-0.4, -0.2) is 60.1 Å². The summed E-state index contributed by atoms with van der Waals surface area (Å²) in [6.07, 6.45) is 22.6. The van der Waals surface area contributed by atoms with Gasteiger partial charge in [0.15, 0.2) is 0 Å². The van der Waals surface area contributed by atoms with Crippen LogP contribution in [0.2, 0.25) is 0 Å². The smallest absolute Gasteiger partial charge is 0.315 e. The van der Waals surface area contributed by atoms with Gasteiger partial charge in [0.05, 0.1) is 0 Å². The minimum Gasteiger partial charge on any atom is -0.338 e. The van der Waals surface area contributed by atoms with Gasteiger partial charge in [-0.15, -0.1) is 0 Å². The first-order valence-corrected chi connectivity index (χ1v) is 21.9. The van der Waals surface area contributed by atoms with E-state index in [4.69, 9.17) is 0 Å². The second-order valence-corrected chi connectivity index (χ2v) is 17.5. The molecule has 4 fully saturated rings. The number of nitrogens with one attached hydrogen (secondary N) is 4. The zero-order valence-electron chi connectivity index (χ0n) is 32.2. The molecule has 8 rings (SSSR count). The summed E-state index contributed by atoms with van der Waals surface area (Å²) in [5.41, 5.74) is 6.34. The maximum absolute atomic E-state index is 12.5. The standard InChI is InChI=1S/C45H66N6O2/c52-44(48-34-18-14-32(15-19-34)26-30-50-40-22-23-41(50)37-11-5-4-10-36(37)40)46-28-8-2-1-3-9-29-47-45(53)49-35-20-16-33(17-21-35)27-31-51-42-24-25-43(51)39-13-7-6-12-38(39)42/h4-7,10-13,32-35,40-43H,1-3,8-9,14-31H2,(H2,46,48,52)(H2,47,49,53)/t32?,33?,34?,35?,40-,41+,42-,43+. The average Bonchev–Trinajstić information content (AvgIpc) is 3.95. The van der Waals surface area contributed by atoms with Crippen LogP contribution in [0.5, 0.6) is 0 Å². The summed E-state index contributed by atoms with van der Waals surface area (Å²) in [4.78, 5) is 30.6. The fourth-order valence-corrected chi connectivity index (χ4v) is 11.4. The van der Waals surface area contributed by atoms with Crippen LogP contribution in [0.1, 0.15) is 168 Å². The van der Waals surface area contributed by atoms with Crippen molar-refractivity contribution in [2.24, 2.45) is 11.8 Å². The Hall–Kier alpha value is -3.10. The van der Waals surface area contributed by atoms with Crippen molar-refractivity contribution in [3.05, 3.63) is 70.8 Å². The summed E-state index contributed by atoms with van der Waals surface area (Å²) in [5, 5.41) is 12.7. The van der Waals surface area contributed by atoms with E-state index in [1.807, 2.05) is 0 Å². The SMILES string of the molecule is O=C(NCCCCCCCNC(=O)NC1CCC(CCN2[C@@H]3CC[C@H]2c2ccccc23)CC1)NC1CCC(CCN2[C@@H]3CC[C@H]2c2ccccc23)CC1. The predicted octanol–water partition coefficient (Wildman–Crippen LogP) is 9.22. The maximum atomic E-state index is 12.5. The molecule has 0 radical (unpaired) electrons. The number of carbonyl (C=O) groups excluding carboxylic acids is 2. The molecule has 4 aliphatic heterocycles. The summed E-state index contributed by atoms with van der Waals surface area (Å²) in [5.74, 6) is 1.58. The van der Waals surface area contributed by atoms with E-state index in [2.05, 4.69) is 79.6 Å². The zero-order chi connectivity index (χ0) is 36.0. The third kappa shape index (κ3) is 8.75. The first-order valence-electron chi connectivity index (χ1n) is 21.9. The van der Waals surface area contributed by atoms with Gasteiger partial charge in [-0.2, -0.15) is 0 Å². The number of rotatable bonds is 16. The van der Waals surface area contributed by atoms with Crippen molar-refractivity contribution < 1.29 is 9.59 Å². The number of benzene rings is 2. The molecule has 4 bridgehead atoms. The highest BCUT2D eigenvalue weighted by Crippen LogP contribution is 2.54. The number of carbonyl (C=O) groups is 2. The molecule has 0 spiro atoms. The number of hydrogen-bond acceptors (Lipinski definition) is 4. The Morgan fingerprint density at radius 3 is 1.17 bits per heavy atom. The van der Waals surface area contributed by atoms with Crippen molar-refractivity contribution in [3.63, 3.8) is 0 Å². The molecule has 8 heteroatoms. The summed E-state index contributed by atoms with van der Waals surface area (Å²) in [6, 6.07) is 21.4. The van der Waals surface area contributed by atoms with Gasteiger partial charge in [0.25, 0.3) is 0 Å². The van der Waals surface area contributed by atoms with E-state index >= 15 is 0 Å². The van der Waals surface area contributed by atoms with Gasteiger partial charge in [-0.05, 0) is 150 Å². The van der Waals surface area contributed by atoms with Gasteiger partial charge in [0, 0.05) is 49.3 Å². The monoisotopic (exact) mass is 723 g/mol. The van der Waals surface area contributed by atoms with E-state index in [1.54, 1.807) is 22.3 Å². The molecule has 0 aromatic heterocycles. The average molecular weight is 723 g/mol. The Morgan fingerprint density at radius 1 is 0.472 bits per heavy atom. The summed E-state index contributed by atoms with van der Waals surface area (Å²) in [6.45, 7) is 3.91. The van der Waals surface area contributed by atoms with Crippen LogP contribution < -0.4 is 21.3 Å². The molecular formula is C45H66N6O2. The van der Waals surface area contributed by atoms with Gasteiger partial charge >= 0.3 is 12.1 Å². The van der Waals surface area contributed by atoms with Gasteiger partial charge in [0.2, 0.25) is 0 Å². The highest BCUT2D eigenvalue weighted by molar-refractivity contribution is 5.74. The number of amides is 4. The molecule has 2 saturated heterocycles. The van der Waals surface area contributed by atoms with Crippen molar-refractivity contribution in [3.8, 4) is 0 Å². The number of unbranched alkanes of at least 4 members (excludes halogenated alkanes) is 4. The van der Waals surface area contributed by atoms with Crippen LogP contribution >= 0.6 is 0 Å². The van der Waals surface area contributed by atoms with Gasteiger partial charge in [-0.1, -0.05) is 67.8 Å². The van der Waals surface area contributed by atoms with Crippen LogP contribution in [-0.2, 0) is 0 Å². The van der Waals surface area contributed by atoms with Crippen molar-refractivity contribution in [1.82, 2.24) is 31.1 Å². The molecule has 8 nitrogen and oxygen atoms in total. The first-order chi connectivity index (χ1) is 26.1. The molecule has 0 unspecified atom stereocenters. The quantitative estimate of drug-likeness (QED) is 0.130. The minimum absolute atomic E-state index is 0.00341. The lowest BCUT2D eigenvalue weighted by Crippen LogP contribution is -2.44. The second kappa shape index (κ2) is 17.6. The minimum atomic E-state index is 0.00341. The summed E-state index contributed by atoms with van der Waals surface area (Å²) in [7, 11) is 0. The lowest BCUT2D eigenvalue weighted by atomic mass is 9.84. The first kappa shape index (κ1) is 36.9. The Morgan fingerprint density at radius 2 is 0.811 bits per heavy atom. The fourth-order valence-electron chi connectivity index (χ4n) is 11.4. The largest absolute Gasteiger partial charge is 0.338 e. The molecule has 4 heterocycles. The molecule has 288 valence electrons. The van der Waals surface area contributed by atoms with Crippen molar-refractivity contribution in [1.29, 1.82) is 0 Å². The van der Waals surface area contributed by atoms with Crippen molar-refractivity contribution in [2.45, 2.75) is 158 Å². The van der Waals surface area contributed by atoms with Crippen molar-refractivity contribution >= 4 is 12.1 Å². The van der Waals surface area contributed by atoms with E-state index < -0.39 is 0 Å². The number of urea groups is 2. The molecule has 53 heavy (non-hydrogen) atoms. The van der Waals surface area contributed by atoms with E-state index in [0.717, 1.165) is 82.7 Å². The Balaban J connectivity index is 0.596. The van der Waals surface area contributed by atoms with Gasteiger partial charge in [0.1, 0.15) is 0 Å². The number of hydrogen-bond donors (Lipinski definition) is 4. The van der Waals surface area contributed by atoms with Crippen LogP contribution in [0.4, 0.5) is 9.59 Å². The van der Waals surface area contributed by atoms with Gasteiger partial charge in [-0.3, -0.25) is 9.80 Å². The highest BCUT2D eigenvalue weighted by atomic mass is 16.2. The molecule has 2 aromatic rings. The molecule has 4 N–H and O–H groups in total. The zero-order valence-corrected chi connectivity index (χ0v) is 32.2. The fraction of sp³-hybridized carbons (Fsp3) is 0.689. The van der Waals surface area contributed by atoms with Crippen LogP contribution in [0.15, 0.2) is 48.5 Å². The van der Waals surface area contributed by atoms with E-state index in [1.165, 1.54) is 77.3 Å². The van der Waals surface area contributed by atoms with Crippen LogP contribution in [0.3, 0.4) is 0 Å². The normalized spacial score (nSPS) is 30.2. The topological polar surface area (TPSA) is 88.7 Å². The van der Waals surface area contributed by atoms with Crippen LogP contribution in [0.25, 0.3) is 0 Å². The molecule has 6 aliphatic rings. The molecule has 2 aliphatic carbocycles. The Labute approximate surface area is 319 Å². The molecule has 2 aromatic carbocycles. The lowest BCUT2D eigenvalue weighted by molar-refractivity contribution is 0.185. The van der Waals surface area contributed by atoms with Crippen molar-refractivity contribution in [2.75, 3.05) is 26.2 Å². The molecule has 4 atom stereocenters. The predicted molar refractivity (Wildman–Crippen MR) is 213 cm³/mol. The Kier molecular flexibility index (Phi) is 12.2. The van der Waals surface area contributed by atoms with E-state index in [9.17, 15) is 9.59 Å². The third-order valence-electron chi connectivity index (χ3n) is 14.3. The van der Waals surface area contributed by atoms with E-state index in [0.29, 0.717) is 36.3 Å². The lowest BCUT2D eigenvalue weighted by Gasteiger charge is -2.31. The van der Waals surface area contributed by atoms with Gasteiger partial charge < -0.3 is 21.3 Å². The highest BCUT2D eigenvalue weighted by Gasteiger charge is 2.44. The van der Waals surface area contributed by atoms with Crippen LogP contribution in [0, 0.1) is 11.8 Å². The molecule has 4 amide bonds. The molecular weight excluding hydrogens is 657 g/mol. The van der Waals surface area contributed by atoms with E-state index in [-0.39, 0.29) is 12.1 Å². The summed E-state index contributed by atoms with van der Waals surface area (Å²) >= 11 is 0. The Bertz CT molecular complexity index is 1340. The summed E-state index contributed by atoms with van der Waals surface area (Å²) < 4.78 is 0. The second-order valence-electron chi connectivity index (χ2n) is 17.5.